The van der Waals surface area contributed by atoms with Crippen molar-refractivity contribution in [2.24, 2.45) is 0 Å². The van der Waals surface area contributed by atoms with E-state index >= 15 is 0 Å². The molecule has 0 atom stereocenters. The molecule has 0 spiro atoms. The van der Waals surface area contributed by atoms with Gasteiger partial charge in [0.2, 0.25) is 0 Å². The molecule has 4 rings (SSSR count). The summed E-state index contributed by atoms with van der Waals surface area (Å²) in [6.45, 7) is 5.00. The zero-order valence-electron chi connectivity index (χ0n) is 16.9. The first-order valence-electron chi connectivity index (χ1n) is 9.89. The van der Waals surface area contributed by atoms with Gasteiger partial charge in [0.15, 0.2) is 0 Å². The maximum absolute atomic E-state index is 12.6. The molecular weight excluding hydrogens is 376 g/mol. The first-order valence-corrected chi connectivity index (χ1v) is 9.89. The molecule has 0 bridgehead atoms. The number of nitrogens with one attached hydrogen (secondary N) is 2. The molecular formula is C23H24N6O. The summed E-state index contributed by atoms with van der Waals surface area (Å²) in [6.07, 6.45) is 6.48. The Morgan fingerprint density at radius 3 is 2.67 bits per heavy atom. The van der Waals surface area contributed by atoms with Gasteiger partial charge < -0.3 is 11.1 Å². The van der Waals surface area contributed by atoms with Crippen LogP contribution < -0.4 is 11.1 Å². The van der Waals surface area contributed by atoms with Crippen LogP contribution in [0.1, 0.15) is 23.2 Å². The summed E-state index contributed by atoms with van der Waals surface area (Å²) in [7, 11) is 0. The SMILES string of the molecule is Cc1ccc(NC(=O)C(=N)c2cc(-c3cncc(CN4CCC4)c3)ccc2N)cn1. The van der Waals surface area contributed by atoms with Crippen LogP contribution in [0.15, 0.2) is 55.0 Å². The predicted molar refractivity (Wildman–Crippen MR) is 118 cm³/mol. The second-order valence-electron chi connectivity index (χ2n) is 7.53. The third kappa shape index (κ3) is 4.36. The molecule has 7 nitrogen and oxygen atoms in total. The van der Waals surface area contributed by atoms with Gasteiger partial charge in [-0.1, -0.05) is 6.07 Å². The second kappa shape index (κ2) is 8.42. The number of aromatic nitrogens is 2. The molecule has 1 fully saturated rings. The van der Waals surface area contributed by atoms with E-state index < -0.39 is 5.91 Å². The number of nitrogens with two attached hydrogens (primary N) is 1. The molecule has 1 aromatic carbocycles. The summed E-state index contributed by atoms with van der Waals surface area (Å²) in [5.41, 5.74) is 11.0. The number of carbonyl (C=O) groups is 1. The standard InChI is InChI=1S/C23H24N6O/c1-15-3-5-19(13-27-15)28-23(30)22(25)20-10-17(4-6-21(20)24)18-9-16(11-26-12-18)14-29-7-2-8-29/h3-6,9-13,25H,2,7-8,14,24H2,1H3,(H,28,30). The first kappa shape index (κ1) is 19.7. The lowest BCUT2D eigenvalue weighted by molar-refractivity contribution is -0.110. The molecule has 2 aromatic heterocycles. The van der Waals surface area contributed by atoms with Gasteiger partial charge in [0.05, 0.1) is 11.9 Å². The number of pyridine rings is 2. The molecule has 30 heavy (non-hydrogen) atoms. The van der Waals surface area contributed by atoms with Crippen molar-refractivity contribution in [3.05, 3.63) is 71.8 Å². The van der Waals surface area contributed by atoms with E-state index in [1.54, 1.807) is 36.7 Å². The largest absolute Gasteiger partial charge is 0.398 e. The average molecular weight is 400 g/mol. The minimum absolute atomic E-state index is 0.195. The zero-order valence-corrected chi connectivity index (χ0v) is 16.9. The van der Waals surface area contributed by atoms with Gasteiger partial charge in [0, 0.05) is 41.4 Å². The van der Waals surface area contributed by atoms with Crippen molar-refractivity contribution in [1.82, 2.24) is 14.9 Å². The number of rotatable bonds is 6. The highest BCUT2D eigenvalue weighted by molar-refractivity contribution is 6.48. The Balaban J connectivity index is 1.55. The monoisotopic (exact) mass is 400 g/mol. The van der Waals surface area contributed by atoms with Crippen molar-refractivity contribution in [3.63, 3.8) is 0 Å². The molecule has 1 saturated heterocycles. The molecule has 0 saturated carbocycles. The smallest absolute Gasteiger partial charge is 0.274 e. The van der Waals surface area contributed by atoms with E-state index in [1.807, 2.05) is 19.2 Å². The molecule has 1 aliphatic heterocycles. The predicted octanol–water partition coefficient (Wildman–Crippen LogP) is 3.25. The Morgan fingerprint density at radius 2 is 1.97 bits per heavy atom. The van der Waals surface area contributed by atoms with Gasteiger partial charge >= 0.3 is 0 Å². The Labute approximate surface area is 175 Å². The van der Waals surface area contributed by atoms with Gasteiger partial charge in [-0.05, 0) is 67.9 Å². The Kier molecular flexibility index (Phi) is 5.54. The van der Waals surface area contributed by atoms with Crippen molar-refractivity contribution in [2.45, 2.75) is 19.9 Å². The van der Waals surface area contributed by atoms with Gasteiger partial charge in [0.25, 0.3) is 5.91 Å². The zero-order chi connectivity index (χ0) is 21.1. The normalized spacial score (nSPS) is 13.5. The van der Waals surface area contributed by atoms with Crippen LogP contribution in [0.4, 0.5) is 11.4 Å². The second-order valence-corrected chi connectivity index (χ2v) is 7.53. The molecule has 4 N–H and O–H groups in total. The van der Waals surface area contributed by atoms with E-state index in [1.165, 1.54) is 6.42 Å². The first-order chi connectivity index (χ1) is 14.5. The van der Waals surface area contributed by atoms with Crippen LogP contribution in [0.3, 0.4) is 0 Å². The van der Waals surface area contributed by atoms with Crippen molar-refractivity contribution in [2.75, 3.05) is 24.1 Å². The summed E-state index contributed by atoms with van der Waals surface area (Å²) in [5, 5.41) is 11.1. The van der Waals surface area contributed by atoms with Gasteiger partial charge in [0.1, 0.15) is 5.71 Å². The van der Waals surface area contributed by atoms with Crippen LogP contribution in [-0.4, -0.2) is 39.6 Å². The average Bonchev–Trinajstić information content (AvgIpc) is 2.72. The topological polar surface area (TPSA) is 108 Å². The molecule has 0 aliphatic carbocycles. The van der Waals surface area contributed by atoms with Gasteiger partial charge in [-0.15, -0.1) is 0 Å². The lowest BCUT2D eigenvalue weighted by Gasteiger charge is -2.30. The number of hydrogen-bond acceptors (Lipinski definition) is 6. The molecule has 0 radical (unpaired) electrons. The summed E-state index contributed by atoms with van der Waals surface area (Å²) >= 11 is 0. The summed E-state index contributed by atoms with van der Waals surface area (Å²) in [5.74, 6) is -0.533. The molecule has 3 aromatic rings. The van der Waals surface area contributed by atoms with Crippen molar-refractivity contribution in [1.29, 1.82) is 5.41 Å². The van der Waals surface area contributed by atoms with Crippen LogP contribution in [-0.2, 0) is 11.3 Å². The Morgan fingerprint density at radius 1 is 1.13 bits per heavy atom. The fourth-order valence-electron chi connectivity index (χ4n) is 3.34. The number of amides is 1. The summed E-state index contributed by atoms with van der Waals surface area (Å²) in [6, 6.07) is 11.0. The van der Waals surface area contributed by atoms with Gasteiger partial charge in [-0.25, -0.2) is 0 Å². The van der Waals surface area contributed by atoms with Crippen LogP contribution in [0, 0.1) is 12.3 Å². The molecule has 3 heterocycles. The molecule has 1 aliphatic rings. The number of likely N-dealkylation sites (tertiary alicyclic amines) is 1. The van der Waals surface area contributed by atoms with E-state index in [0.29, 0.717) is 16.9 Å². The number of nitrogen functional groups attached to an aromatic ring is 1. The number of hydrogen-bond donors (Lipinski definition) is 3. The minimum Gasteiger partial charge on any atom is -0.398 e. The van der Waals surface area contributed by atoms with Crippen molar-refractivity contribution < 1.29 is 4.79 Å². The summed E-state index contributed by atoms with van der Waals surface area (Å²) in [4.78, 5) is 23.5. The van der Waals surface area contributed by atoms with E-state index in [-0.39, 0.29) is 5.71 Å². The van der Waals surface area contributed by atoms with E-state index in [0.717, 1.165) is 42.0 Å². The molecule has 7 heteroatoms. The van der Waals surface area contributed by atoms with Crippen LogP contribution in [0.5, 0.6) is 0 Å². The van der Waals surface area contributed by atoms with E-state index in [2.05, 4.69) is 26.3 Å². The number of aryl methyl sites for hydroxylation is 1. The van der Waals surface area contributed by atoms with Gasteiger partial charge in [-0.3, -0.25) is 25.1 Å². The van der Waals surface area contributed by atoms with Crippen molar-refractivity contribution >= 4 is 23.0 Å². The maximum atomic E-state index is 12.6. The van der Waals surface area contributed by atoms with Crippen LogP contribution >= 0.6 is 0 Å². The lowest BCUT2D eigenvalue weighted by Crippen LogP contribution is -2.36. The Bertz CT molecular complexity index is 1090. The fourth-order valence-corrected chi connectivity index (χ4v) is 3.34. The highest BCUT2D eigenvalue weighted by atomic mass is 16.1. The molecule has 0 unspecified atom stereocenters. The number of anilines is 2. The number of carbonyl (C=O) groups excluding carboxylic acids is 1. The van der Waals surface area contributed by atoms with Gasteiger partial charge in [-0.2, -0.15) is 0 Å². The Hall–Kier alpha value is -3.58. The minimum atomic E-state index is -0.533. The maximum Gasteiger partial charge on any atom is 0.274 e. The third-order valence-electron chi connectivity index (χ3n) is 5.20. The molecule has 152 valence electrons. The highest BCUT2D eigenvalue weighted by Crippen LogP contribution is 2.25. The number of nitrogens with zero attached hydrogens (tertiary/aromatic N) is 3. The van der Waals surface area contributed by atoms with Crippen molar-refractivity contribution in [3.8, 4) is 11.1 Å². The third-order valence-corrected chi connectivity index (χ3v) is 5.20. The highest BCUT2D eigenvalue weighted by Gasteiger charge is 2.17. The van der Waals surface area contributed by atoms with Crippen LogP contribution in [0.2, 0.25) is 0 Å². The fraction of sp³-hybridized carbons (Fsp3) is 0.217. The number of benzene rings is 1. The quantitative estimate of drug-likeness (QED) is 0.435. The van der Waals surface area contributed by atoms with Crippen LogP contribution in [0.25, 0.3) is 11.1 Å². The lowest BCUT2D eigenvalue weighted by atomic mass is 9.99. The molecule has 1 amide bonds. The van der Waals surface area contributed by atoms with E-state index in [4.69, 9.17) is 11.1 Å². The summed E-state index contributed by atoms with van der Waals surface area (Å²) < 4.78 is 0. The van der Waals surface area contributed by atoms with E-state index in [9.17, 15) is 4.79 Å².